The van der Waals surface area contributed by atoms with Crippen LogP contribution in [0.4, 0.5) is 0 Å². The summed E-state index contributed by atoms with van der Waals surface area (Å²) < 4.78 is 15.5. The van der Waals surface area contributed by atoms with Gasteiger partial charge in [0.25, 0.3) is 6.48 Å². The highest BCUT2D eigenvalue weighted by Crippen LogP contribution is 2.13. The smallest absolute Gasteiger partial charge is 0.272 e. The molecule has 66 valence electrons. The fourth-order valence-corrected chi connectivity index (χ4v) is 0.966. The molecular formula is C7H13ClO3. The zero-order chi connectivity index (χ0) is 8.10. The van der Waals surface area contributed by atoms with E-state index in [1.165, 1.54) is 0 Å². The molecule has 0 aliphatic carbocycles. The van der Waals surface area contributed by atoms with Gasteiger partial charge in [0.15, 0.2) is 0 Å². The van der Waals surface area contributed by atoms with E-state index in [9.17, 15) is 0 Å². The summed E-state index contributed by atoms with van der Waals surface area (Å²) in [6.07, 6.45) is 0.966. The first-order valence-electron chi connectivity index (χ1n) is 3.81. The summed E-state index contributed by atoms with van der Waals surface area (Å²) in [5, 5.41) is 0. The molecule has 0 aromatic rings. The minimum absolute atomic E-state index is 0.00137. The first-order valence-corrected chi connectivity index (χ1v) is 4.35. The van der Waals surface area contributed by atoms with Gasteiger partial charge in [0.05, 0.1) is 19.1 Å². The lowest BCUT2D eigenvalue weighted by molar-refractivity contribution is -0.235. The molecule has 1 aliphatic rings. The van der Waals surface area contributed by atoms with Crippen molar-refractivity contribution >= 4 is 11.6 Å². The van der Waals surface area contributed by atoms with E-state index in [0.717, 1.165) is 6.42 Å². The Morgan fingerprint density at radius 2 is 2.45 bits per heavy atom. The molecule has 1 rings (SSSR count). The molecule has 2 unspecified atom stereocenters. The van der Waals surface area contributed by atoms with Gasteiger partial charge < -0.3 is 14.2 Å². The summed E-state index contributed by atoms with van der Waals surface area (Å²) >= 11 is 5.55. The third-order valence-corrected chi connectivity index (χ3v) is 1.70. The maximum absolute atomic E-state index is 5.55. The van der Waals surface area contributed by atoms with Gasteiger partial charge in [-0.2, -0.15) is 0 Å². The molecule has 0 N–H and O–H groups in total. The Kier molecular flexibility index (Phi) is 4.15. The molecule has 0 bridgehead atoms. The van der Waals surface area contributed by atoms with E-state index in [4.69, 9.17) is 25.8 Å². The SMILES string of the molecule is CCCOC1OCC(CCl)O1. The number of hydrogen-bond acceptors (Lipinski definition) is 3. The number of alkyl halides is 1. The van der Waals surface area contributed by atoms with Gasteiger partial charge in [0, 0.05) is 0 Å². The highest BCUT2D eigenvalue weighted by atomic mass is 35.5. The predicted molar refractivity (Wildman–Crippen MR) is 41.6 cm³/mol. The second kappa shape index (κ2) is 4.93. The van der Waals surface area contributed by atoms with E-state index in [0.29, 0.717) is 19.1 Å². The third kappa shape index (κ3) is 2.95. The maximum atomic E-state index is 5.55. The highest BCUT2D eigenvalue weighted by molar-refractivity contribution is 6.18. The Morgan fingerprint density at radius 3 is 3.00 bits per heavy atom. The van der Waals surface area contributed by atoms with E-state index in [-0.39, 0.29) is 6.10 Å². The van der Waals surface area contributed by atoms with Gasteiger partial charge in [0.1, 0.15) is 6.10 Å². The lowest BCUT2D eigenvalue weighted by Gasteiger charge is -2.09. The normalized spacial score (nSPS) is 31.1. The van der Waals surface area contributed by atoms with Crippen LogP contribution in [0.3, 0.4) is 0 Å². The molecule has 1 aliphatic heterocycles. The Morgan fingerprint density at radius 1 is 1.64 bits per heavy atom. The van der Waals surface area contributed by atoms with Crippen molar-refractivity contribution in [1.29, 1.82) is 0 Å². The van der Waals surface area contributed by atoms with Crippen molar-refractivity contribution in [3.8, 4) is 0 Å². The average molecular weight is 181 g/mol. The summed E-state index contributed by atoms with van der Waals surface area (Å²) in [7, 11) is 0. The lowest BCUT2D eigenvalue weighted by atomic mass is 10.4. The summed E-state index contributed by atoms with van der Waals surface area (Å²) in [5.74, 6) is 0.464. The van der Waals surface area contributed by atoms with Crippen molar-refractivity contribution in [2.24, 2.45) is 0 Å². The van der Waals surface area contributed by atoms with Gasteiger partial charge in [-0.25, -0.2) is 0 Å². The first-order chi connectivity index (χ1) is 5.36. The number of ether oxygens (including phenoxy) is 3. The van der Waals surface area contributed by atoms with Crippen molar-refractivity contribution in [2.45, 2.75) is 25.9 Å². The number of halogens is 1. The van der Waals surface area contributed by atoms with Gasteiger partial charge in [0.2, 0.25) is 0 Å². The monoisotopic (exact) mass is 180 g/mol. The Hall–Kier alpha value is 0.170. The third-order valence-electron chi connectivity index (χ3n) is 1.35. The molecule has 1 saturated heterocycles. The van der Waals surface area contributed by atoms with Gasteiger partial charge in [-0.15, -0.1) is 11.6 Å². The largest absolute Gasteiger partial charge is 0.330 e. The molecule has 0 saturated carbocycles. The number of rotatable bonds is 4. The van der Waals surface area contributed by atoms with E-state index in [1.54, 1.807) is 0 Å². The van der Waals surface area contributed by atoms with Gasteiger partial charge >= 0.3 is 0 Å². The van der Waals surface area contributed by atoms with Crippen LogP contribution in [0.15, 0.2) is 0 Å². The van der Waals surface area contributed by atoms with Gasteiger partial charge in [-0.1, -0.05) is 6.92 Å². The molecule has 0 radical (unpaired) electrons. The Balaban J connectivity index is 2.09. The second-order valence-electron chi connectivity index (χ2n) is 2.41. The first kappa shape index (κ1) is 9.26. The molecule has 0 aromatic carbocycles. The van der Waals surface area contributed by atoms with E-state index in [2.05, 4.69) is 0 Å². The van der Waals surface area contributed by atoms with Crippen LogP contribution < -0.4 is 0 Å². The summed E-state index contributed by atoms with van der Waals surface area (Å²) in [6, 6.07) is 0. The minimum Gasteiger partial charge on any atom is -0.330 e. The lowest BCUT2D eigenvalue weighted by Crippen LogP contribution is -2.16. The van der Waals surface area contributed by atoms with Gasteiger partial charge in [-0.05, 0) is 6.42 Å². The van der Waals surface area contributed by atoms with Crippen molar-refractivity contribution in [2.75, 3.05) is 19.1 Å². The Bertz CT molecular complexity index is 110. The van der Waals surface area contributed by atoms with Crippen molar-refractivity contribution in [1.82, 2.24) is 0 Å². The quantitative estimate of drug-likeness (QED) is 0.612. The molecule has 0 spiro atoms. The van der Waals surface area contributed by atoms with E-state index < -0.39 is 6.48 Å². The molecule has 0 amide bonds. The van der Waals surface area contributed by atoms with Crippen LogP contribution in [0.25, 0.3) is 0 Å². The van der Waals surface area contributed by atoms with Crippen LogP contribution in [-0.2, 0) is 14.2 Å². The molecule has 1 fully saturated rings. The van der Waals surface area contributed by atoms with Crippen LogP contribution in [0.1, 0.15) is 13.3 Å². The second-order valence-corrected chi connectivity index (χ2v) is 2.71. The molecule has 1 heterocycles. The Labute approximate surface area is 71.6 Å². The van der Waals surface area contributed by atoms with E-state index in [1.807, 2.05) is 6.92 Å². The van der Waals surface area contributed by atoms with Gasteiger partial charge in [-0.3, -0.25) is 0 Å². The van der Waals surface area contributed by atoms with Crippen LogP contribution in [0, 0.1) is 0 Å². The minimum atomic E-state index is -0.487. The topological polar surface area (TPSA) is 27.7 Å². The molecule has 11 heavy (non-hydrogen) atoms. The fourth-order valence-electron chi connectivity index (χ4n) is 0.804. The molecule has 2 atom stereocenters. The van der Waals surface area contributed by atoms with Crippen LogP contribution in [-0.4, -0.2) is 31.7 Å². The summed E-state index contributed by atoms with van der Waals surface area (Å²) in [4.78, 5) is 0. The summed E-state index contributed by atoms with van der Waals surface area (Å²) in [5.41, 5.74) is 0. The van der Waals surface area contributed by atoms with Crippen LogP contribution in [0.2, 0.25) is 0 Å². The highest BCUT2D eigenvalue weighted by Gasteiger charge is 2.25. The zero-order valence-electron chi connectivity index (χ0n) is 6.59. The van der Waals surface area contributed by atoms with Crippen molar-refractivity contribution < 1.29 is 14.2 Å². The van der Waals surface area contributed by atoms with Crippen LogP contribution >= 0.6 is 11.6 Å². The molecule has 0 aromatic heterocycles. The standard InChI is InChI=1S/C7H13ClO3/c1-2-3-9-7-10-5-6(4-8)11-7/h6-7H,2-5H2,1H3. The fraction of sp³-hybridized carbons (Fsp3) is 1.00. The molecule has 4 heteroatoms. The molecule has 3 nitrogen and oxygen atoms in total. The van der Waals surface area contributed by atoms with Crippen LogP contribution in [0.5, 0.6) is 0 Å². The average Bonchev–Trinajstić information content (AvgIpc) is 2.48. The number of hydrogen-bond donors (Lipinski definition) is 0. The zero-order valence-corrected chi connectivity index (χ0v) is 7.34. The molecular weight excluding hydrogens is 168 g/mol. The predicted octanol–water partition coefficient (Wildman–Crippen LogP) is 1.35. The summed E-state index contributed by atoms with van der Waals surface area (Å²) in [6.45, 7) is 2.75. The van der Waals surface area contributed by atoms with Crippen molar-refractivity contribution in [3.63, 3.8) is 0 Å². The van der Waals surface area contributed by atoms with Crippen molar-refractivity contribution in [3.05, 3.63) is 0 Å². The maximum Gasteiger partial charge on any atom is 0.272 e. The van der Waals surface area contributed by atoms with E-state index >= 15 is 0 Å².